The standard InChI is InChI=1S/C21H36N2O3/c1-7-8-11-23-18(24)17(14-16(2)3)15-21(23)9-12-22(13-10-21)19(25)26-20(4,5)6/h15-16H,7-14H2,1-6H3. The number of ether oxygens (including phenoxy) is 1. The first-order valence-electron chi connectivity index (χ1n) is 10.1. The number of carbonyl (C=O) groups is 2. The fourth-order valence-corrected chi connectivity index (χ4v) is 3.88. The lowest BCUT2D eigenvalue weighted by molar-refractivity contribution is -0.131. The number of rotatable bonds is 5. The Morgan fingerprint density at radius 1 is 1.27 bits per heavy atom. The van der Waals surface area contributed by atoms with Gasteiger partial charge >= 0.3 is 6.09 Å². The van der Waals surface area contributed by atoms with Gasteiger partial charge in [0.2, 0.25) is 5.91 Å². The molecule has 2 rings (SSSR count). The maximum atomic E-state index is 13.0. The van der Waals surface area contributed by atoms with Gasteiger partial charge in [0.25, 0.3) is 0 Å². The normalized spacial score (nSPS) is 20.1. The van der Waals surface area contributed by atoms with Gasteiger partial charge in [0, 0.05) is 25.2 Å². The van der Waals surface area contributed by atoms with Crippen molar-refractivity contribution in [3.63, 3.8) is 0 Å². The third-order valence-electron chi connectivity index (χ3n) is 5.14. The summed E-state index contributed by atoms with van der Waals surface area (Å²) >= 11 is 0. The first-order chi connectivity index (χ1) is 12.1. The Morgan fingerprint density at radius 2 is 1.88 bits per heavy atom. The van der Waals surface area contributed by atoms with Gasteiger partial charge in [-0.1, -0.05) is 33.3 Å². The minimum atomic E-state index is -0.479. The molecule has 5 nitrogen and oxygen atoms in total. The second kappa shape index (κ2) is 8.01. The number of piperidine rings is 1. The SMILES string of the molecule is CCCCN1C(=O)C(CC(C)C)=CC12CCN(C(=O)OC(C)(C)C)CC2. The molecule has 26 heavy (non-hydrogen) atoms. The van der Waals surface area contributed by atoms with E-state index in [2.05, 4.69) is 31.7 Å². The van der Waals surface area contributed by atoms with Crippen LogP contribution in [-0.4, -0.2) is 52.6 Å². The van der Waals surface area contributed by atoms with Crippen molar-refractivity contribution < 1.29 is 14.3 Å². The number of carbonyl (C=O) groups excluding carboxylic acids is 2. The van der Waals surface area contributed by atoms with Crippen molar-refractivity contribution in [2.75, 3.05) is 19.6 Å². The van der Waals surface area contributed by atoms with Crippen molar-refractivity contribution in [2.45, 2.75) is 84.8 Å². The van der Waals surface area contributed by atoms with E-state index < -0.39 is 5.60 Å². The van der Waals surface area contributed by atoms with E-state index in [9.17, 15) is 9.59 Å². The highest BCUT2D eigenvalue weighted by atomic mass is 16.6. The maximum Gasteiger partial charge on any atom is 0.410 e. The Hall–Kier alpha value is -1.52. The highest BCUT2D eigenvalue weighted by molar-refractivity contribution is 5.97. The van der Waals surface area contributed by atoms with E-state index in [1.165, 1.54) is 0 Å². The molecule has 0 aromatic carbocycles. The molecule has 0 radical (unpaired) electrons. The van der Waals surface area contributed by atoms with Crippen LogP contribution < -0.4 is 0 Å². The molecule has 1 fully saturated rings. The van der Waals surface area contributed by atoms with E-state index in [-0.39, 0.29) is 17.5 Å². The number of hydrogen-bond donors (Lipinski definition) is 0. The average Bonchev–Trinajstić information content (AvgIpc) is 2.75. The Morgan fingerprint density at radius 3 is 2.38 bits per heavy atom. The van der Waals surface area contributed by atoms with Gasteiger partial charge < -0.3 is 14.5 Å². The molecule has 148 valence electrons. The fraction of sp³-hybridized carbons (Fsp3) is 0.810. The summed E-state index contributed by atoms with van der Waals surface area (Å²) in [6.07, 6.45) is 6.49. The highest BCUT2D eigenvalue weighted by Crippen LogP contribution is 2.39. The van der Waals surface area contributed by atoms with Gasteiger partial charge in [-0.05, 0) is 52.4 Å². The van der Waals surface area contributed by atoms with E-state index >= 15 is 0 Å². The van der Waals surface area contributed by atoms with Crippen molar-refractivity contribution in [1.29, 1.82) is 0 Å². The van der Waals surface area contributed by atoms with Crippen LogP contribution in [0.25, 0.3) is 0 Å². The molecule has 2 aliphatic heterocycles. The molecule has 2 aliphatic rings. The number of unbranched alkanes of at least 4 members (excludes halogenated alkanes) is 1. The van der Waals surface area contributed by atoms with Crippen molar-refractivity contribution in [2.24, 2.45) is 5.92 Å². The summed E-state index contributed by atoms with van der Waals surface area (Å²) in [7, 11) is 0. The predicted octanol–water partition coefficient (Wildman–Crippen LogP) is 4.37. The van der Waals surface area contributed by atoms with E-state index in [4.69, 9.17) is 4.74 Å². The van der Waals surface area contributed by atoms with Gasteiger partial charge in [-0.15, -0.1) is 0 Å². The molecular weight excluding hydrogens is 328 g/mol. The molecule has 0 aromatic rings. The molecule has 1 saturated heterocycles. The van der Waals surface area contributed by atoms with Crippen LogP contribution in [0.4, 0.5) is 4.79 Å². The van der Waals surface area contributed by atoms with E-state index in [0.29, 0.717) is 19.0 Å². The smallest absolute Gasteiger partial charge is 0.410 e. The van der Waals surface area contributed by atoms with E-state index in [1.807, 2.05) is 20.8 Å². The van der Waals surface area contributed by atoms with Crippen LogP contribution in [0.15, 0.2) is 11.6 Å². The minimum Gasteiger partial charge on any atom is -0.444 e. The zero-order chi connectivity index (χ0) is 19.5. The molecular formula is C21H36N2O3. The molecule has 0 saturated carbocycles. The summed E-state index contributed by atoms with van der Waals surface area (Å²) in [6.45, 7) is 14.2. The highest BCUT2D eigenvalue weighted by Gasteiger charge is 2.47. The van der Waals surface area contributed by atoms with Crippen LogP contribution in [-0.2, 0) is 9.53 Å². The van der Waals surface area contributed by atoms with Crippen LogP contribution in [0.1, 0.15) is 73.6 Å². The third kappa shape index (κ3) is 4.80. The Balaban J connectivity index is 2.11. The molecule has 2 amide bonds. The summed E-state index contributed by atoms with van der Waals surface area (Å²) in [5.41, 5.74) is 0.268. The summed E-state index contributed by atoms with van der Waals surface area (Å²) in [5.74, 6) is 0.674. The van der Waals surface area contributed by atoms with Crippen molar-refractivity contribution in [1.82, 2.24) is 9.80 Å². The maximum absolute atomic E-state index is 13.0. The van der Waals surface area contributed by atoms with E-state index in [0.717, 1.165) is 44.2 Å². The second-order valence-corrected chi connectivity index (χ2v) is 9.15. The van der Waals surface area contributed by atoms with Gasteiger partial charge in [0.1, 0.15) is 5.60 Å². The van der Waals surface area contributed by atoms with Gasteiger partial charge in [0.05, 0.1) is 5.54 Å². The van der Waals surface area contributed by atoms with Crippen LogP contribution >= 0.6 is 0 Å². The summed E-state index contributed by atoms with van der Waals surface area (Å²) in [6, 6.07) is 0. The monoisotopic (exact) mass is 364 g/mol. The first kappa shape index (κ1) is 20.8. The molecule has 0 aliphatic carbocycles. The quantitative estimate of drug-likeness (QED) is 0.728. The van der Waals surface area contributed by atoms with Crippen molar-refractivity contribution in [3.8, 4) is 0 Å². The molecule has 1 spiro atoms. The number of hydrogen-bond acceptors (Lipinski definition) is 3. The third-order valence-corrected chi connectivity index (χ3v) is 5.14. The molecule has 0 N–H and O–H groups in total. The average molecular weight is 365 g/mol. The van der Waals surface area contributed by atoms with Gasteiger partial charge in [-0.2, -0.15) is 0 Å². The van der Waals surface area contributed by atoms with Crippen LogP contribution in [0.3, 0.4) is 0 Å². The lowest BCUT2D eigenvalue weighted by atomic mass is 9.86. The Kier molecular flexibility index (Phi) is 6.41. The van der Waals surface area contributed by atoms with Gasteiger partial charge in [0.15, 0.2) is 0 Å². The van der Waals surface area contributed by atoms with Crippen molar-refractivity contribution in [3.05, 3.63) is 11.6 Å². The molecule has 0 atom stereocenters. The Labute approximate surface area is 158 Å². The lowest BCUT2D eigenvalue weighted by Gasteiger charge is -2.44. The second-order valence-electron chi connectivity index (χ2n) is 9.15. The minimum absolute atomic E-state index is 0.206. The van der Waals surface area contributed by atoms with Crippen LogP contribution in [0.2, 0.25) is 0 Å². The molecule has 0 aromatic heterocycles. The van der Waals surface area contributed by atoms with E-state index in [1.54, 1.807) is 4.90 Å². The molecule has 5 heteroatoms. The number of amides is 2. The van der Waals surface area contributed by atoms with Crippen molar-refractivity contribution >= 4 is 12.0 Å². The largest absolute Gasteiger partial charge is 0.444 e. The molecule has 0 unspecified atom stereocenters. The summed E-state index contributed by atoms with van der Waals surface area (Å²) in [5, 5.41) is 0. The topological polar surface area (TPSA) is 49.9 Å². The molecule has 0 bridgehead atoms. The zero-order valence-corrected chi connectivity index (χ0v) is 17.4. The lowest BCUT2D eigenvalue weighted by Crippen LogP contribution is -2.55. The van der Waals surface area contributed by atoms with Gasteiger partial charge in [-0.25, -0.2) is 4.79 Å². The van der Waals surface area contributed by atoms with Gasteiger partial charge in [-0.3, -0.25) is 4.79 Å². The van der Waals surface area contributed by atoms with Crippen LogP contribution in [0, 0.1) is 5.92 Å². The fourth-order valence-electron chi connectivity index (χ4n) is 3.88. The zero-order valence-electron chi connectivity index (χ0n) is 17.4. The van der Waals surface area contributed by atoms with Crippen LogP contribution in [0.5, 0.6) is 0 Å². The Bertz CT molecular complexity index is 552. The summed E-state index contributed by atoms with van der Waals surface area (Å²) < 4.78 is 5.51. The number of likely N-dealkylation sites (tertiary alicyclic amines) is 1. The number of nitrogens with zero attached hydrogens (tertiary/aromatic N) is 2. The molecule has 2 heterocycles. The first-order valence-corrected chi connectivity index (χ1v) is 10.1. The summed E-state index contributed by atoms with van der Waals surface area (Å²) in [4.78, 5) is 29.2. The predicted molar refractivity (Wildman–Crippen MR) is 104 cm³/mol.